The van der Waals surface area contributed by atoms with Gasteiger partial charge >= 0.3 is 0 Å². The van der Waals surface area contributed by atoms with Gasteiger partial charge in [-0.1, -0.05) is 6.92 Å². The monoisotopic (exact) mass is 294 g/mol. The molecule has 1 aliphatic carbocycles. The van der Waals surface area contributed by atoms with E-state index in [1.807, 2.05) is 13.0 Å². The van der Waals surface area contributed by atoms with E-state index in [9.17, 15) is 15.2 Å². The number of anilines is 1. The number of hydrogen-bond acceptors (Lipinski definition) is 5. The summed E-state index contributed by atoms with van der Waals surface area (Å²) in [5.41, 5.74) is 0.787. The molecular formula is C15H22N2O4. The number of non-ortho nitro benzene ring substituents is 1. The van der Waals surface area contributed by atoms with E-state index in [0.29, 0.717) is 24.9 Å². The number of rotatable bonds is 8. The Morgan fingerprint density at radius 3 is 2.71 bits per heavy atom. The molecule has 1 aromatic carbocycles. The lowest BCUT2D eigenvalue weighted by Gasteiger charge is -2.39. The molecule has 0 atom stereocenters. The highest BCUT2D eigenvalue weighted by atomic mass is 16.6. The minimum Gasteiger partial charge on any atom is -0.493 e. The zero-order chi connectivity index (χ0) is 15.2. The highest BCUT2D eigenvalue weighted by Gasteiger charge is 2.26. The molecule has 1 aromatic rings. The average molecular weight is 294 g/mol. The molecule has 1 aliphatic rings. The minimum absolute atomic E-state index is 0.0286. The van der Waals surface area contributed by atoms with Gasteiger partial charge in [0.1, 0.15) is 5.75 Å². The van der Waals surface area contributed by atoms with Gasteiger partial charge in [0.15, 0.2) is 0 Å². The molecule has 0 saturated heterocycles. The van der Waals surface area contributed by atoms with Gasteiger partial charge in [0.2, 0.25) is 0 Å². The van der Waals surface area contributed by atoms with Crippen LogP contribution >= 0.6 is 0 Å². The van der Waals surface area contributed by atoms with Crippen molar-refractivity contribution in [2.45, 2.75) is 38.6 Å². The fourth-order valence-electron chi connectivity index (χ4n) is 2.47. The molecule has 0 aromatic heterocycles. The Morgan fingerprint density at radius 2 is 2.19 bits per heavy atom. The third-order valence-electron chi connectivity index (χ3n) is 3.75. The first-order valence-corrected chi connectivity index (χ1v) is 7.45. The third kappa shape index (κ3) is 3.85. The third-order valence-corrected chi connectivity index (χ3v) is 3.75. The first kappa shape index (κ1) is 15.6. The summed E-state index contributed by atoms with van der Waals surface area (Å²) in [6.07, 6.45) is 4.14. The molecule has 6 nitrogen and oxygen atoms in total. The number of nitro benzene ring substituents is 1. The van der Waals surface area contributed by atoms with E-state index in [4.69, 9.17) is 4.74 Å². The summed E-state index contributed by atoms with van der Waals surface area (Å²) in [4.78, 5) is 12.7. The van der Waals surface area contributed by atoms with Gasteiger partial charge in [-0.2, -0.15) is 0 Å². The molecule has 0 unspecified atom stereocenters. The molecule has 0 spiro atoms. The largest absolute Gasteiger partial charge is 0.493 e. The van der Waals surface area contributed by atoms with Gasteiger partial charge < -0.3 is 14.7 Å². The zero-order valence-electron chi connectivity index (χ0n) is 12.3. The van der Waals surface area contributed by atoms with Crippen molar-refractivity contribution in [2.75, 3.05) is 24.7 Å². The van der Waals surface area contributed by atoms with Crippen LogP contribution in [0.5, 0.6) is 5.75 Å². The Morgan fingerprint density at radius 1 is 1.43 bits per heavy atom. The molecule has 6 heteroatoms. The summed E-state index contributed by atoms with van der Waals surface area (Å²) >= 11 is 0. The summed E-state index contributed by atoms with van der Waals surface area (Å²) in [6, 6.07) is 5.21. The van der Waals surface area contributed by atoms with Crippen molar-refractivity contribution in [2.24, 2.45) is 0 Å². The van der Waals surface area contributed by atoms with E-state index in [0.717, 1.165) is 24.9 Å². The molecule has 2 rings (SSSR count). The fraction of sp³-hybridized carbons (Fsp3) is 0.600. The summed E-state index contributed by atoms with van der Waals surface area (Å²) < 4.78 is 5.55. The predicted octanol–water partition coefficient (Wildman–Crippen LogP) is 2.73. The smallest absolute Gasteiger partial charge is 0.275 e. The van der Waals surface area contributed by atoms with Crippen LogP contribution in [0.25, 0.3) is 0 Å². The van der Waals surface area contributed by atoms with Crippen molar-refractivity contribution in [1.82, 2.24) is 0 Å². The number of hydrogen-bond donors (Lipinski definition) is 1. The lowest BCUT2D eigenvalue weighted by Crippen LogP contribution is -2.42. The van der Waals surface area contributed by atoms with Crippen LogP contribution in [0, 0.1) is 10.1 Å². The fourth-order valence-corrected chi connectivity index (χ4v) is 2.47. The lowest BCUT2D eigenvalue weighted by molar-refractivity contribution is -0.384. The molecule has 21 heavy (non-hydrogen) atoms. The van der Waals surface area contributed by atoms with Crippen molar-refractivity contribution < 1.29 is 14.8 Å². The molecule has 0 amide bonds. The van der Waals surface area contributed by atoms with Crippen LogP contribution in [0.1, 0.15) is 32.6 Å². The normalized spacial score (nSPS) is 14.6. The molecule has 116 valence electrons. The van der Waals surface area contributed by atoms with E-state index in [-0.39, 0.29) is 12.3 Å². The maximum atomic E-state index is 11.1. The number of aliphatic hydroxyl groups is 1. The number of aliphatic hydroxyl groups excluding tert-OH is 1. The maximum Gasteiger partial charge on any atom is 0.275 e. The Hall–Kier alpha value is -1.82. The summed E-state index contributed by atoms with van der Waals surface area (Å²) in [7, 11) is 0. The Labute approximate surface area is 124 Å². The van der Waals surface area contributed by atoms with Gasteiger partial charge in [0.05, 0.1) is 24.2 Å². The van der Waals surface area contributed by atoms with Crippen molar-refractivity contribution in [3.05, 3.63) is 28.3 Å². The van der Waals surface area contributed by atoms with Crippen molar-refractivity contribution in [3.63, 3.8) is 0 Å². The summed E-state index contributed by atoms with van der Waals surface area (Å²) in [5.74, 6) is 0.517. The molecule has 0 aliphatic heterocycles. The highest BCUT2D eigenvalue weighted by Crippen LogP contribution is 2.34. The molecule has 1 fully saturated rings. The van der Waals surface area contributed by atoms with Gasteiger partial charge in [0.25, 0.3) is 5.69 Å². The van der Waals surface area contributed by atoms with E-state index in [1.165, 1.54) is 12.5 Å². The molecule has 0 bridgehead atoms. The van der Waals surface area contributed by atoms with Crippen molar-refractivity contribution in [1.29, 1.82) is 0 Å². The van der Waals surface area contributed by atoms with Crippen LogP contribution < -0.4 is 9.64 Å². The van der Waals surface area contributed by atoms with Crippen LogP contribution in [0.15, 0.2) is 18.2 Å². The first-order valence-electron chi connectivity index (χ1n) is 7.45. The van der Waals surface area contributed by atoms with Crippen LogP contribution in [0.4, 0.5) is 11.4 Å². The standard InChI is InChI=1S/C15H22N2O4/c1-2-8-21-15-10-13(9-14(11-15)17(19)20)16(6-7-18)12-4-3-5-12/h9-12,18H,2-8H2,1H3. The number of nitro groups is 1. The van der Waals surface area contributed by atoms with Crippen molar-refractivity contribution >= 4 is 11.4 Å². The Bertz CT molecular complexity index is 489. The summed E-state index contributed by atoms with van der Waals surface area (Å²) in [5, 5.41) is 20.3. The van der Waals surface area contributed by atoms with Gasteiger partial charge in [-0.25, -0.2) is 0 Å². The quantitative estimate of drug-likeness (QED) is 0.589. The lowest BCUT2D eigenvalue weighted by atomic mass is 9.91. The topological polar surface area (TPSA) is 75.8 Å². The number of benzene rings is 1. The van der Waals surface area contributed by atoms with Crippen LogP contribution in [0.3, 0.4) is 0 Å². The second kappa shape index (κ2) is 7.26. The number of nitrogens with zero attached hydrogens (tertiary/aromatic N) is 2. The van der Waals surface area contributed by atoms with Crippen LogP contribution in [-0.2, 0) is 0 Å². The molecule has 1 saturated carbocycles. The van der Waals surface area contributed by atoms with Gasteiger partial charge in [-0.15, -0.1) is 0 Å². The SMILES string of the molecule is CCCOc1cc(N(CCO)C2CCC2)cc([N+](=O)[O-])c1. The molecular weight excluding hydrogens is 272 g/mol. The van der Waals surface area contributed by atoms with Gasteiger partial charge in [-0.3, -0.25) is 10.1 Å². The highest BCUT2D eigenvalue weighted by molar-refractivity contribution is 5.59. The number of ether oxygens (including phenoxy) is 1. The van der Waals surface area contributed by atoms with E-state index in [1.54, 1.807) is 6.07 Å². The first-order chi connectivity index (χ1) is 10.2. The predicted molar refractivity (Wildman–Crippen MR) is 81.0 cm³/mol. The second-order valence-corrected chi connectivity index (χ2v) is 5.29. The molecule has 0 heterocycles. The summed E-state index contributed by atoms with van der Waals surface area (Å²) in [6.45, 7) is 3.04. The minimum atomic E-state index is -0.403. The van der Waals surface area contributed by atoms with Gasteiger partial charge in [-0.05, 0) is 25.7 Å². The van der Waals surface area contributed by atoms with E-state index >= 15 is 0 Å². The zero-order valence-corrected chi connectivity index (χ0v) is 12.3. The van der Waals surface area contributed by atoms with Crippen LogP contribution in [0.2, 0.25) is 0 Å². The second-order valence-electron chi connectivity index (χ2n) is 5.29. The average Bonchev–Trinajstić information content (AvgIpc) is 2.42. The Balaban J connectivity index is 2.29. The van der Waals surface area contributed by atoms with E-state index < -0.39 is 4.92 Å². The van der Waals surface area contributed by atoms with Gasteiger partial charge in [0, 0.05) is 30.4 Å². The Kier molecular flexibility index (Phi) is 5.38. The molecule has 0 radical (unpaired) electrons. The van der Waals surface area contributed by atoms with Crippen LogP contribution in [-0.4, -0.2) is 35.8 Å². The van der Waals surface area contributed by atoms with Crippen molar-refractivity contribution in [3.8, 4) is 5.75 Å². The maximum absolute atomic E-state index is 11.1. The molecule has 1 N–H and O–H groups in total. The van der Waals surface area contributed by atoms with E-state index in [2.05, 4.69) is 4.90 Å².